The minimum absolute atomic E-state index is 0.0423. The van der Waals surface area contributed by atoms with Crippen molar-refractivity contribution in [2.75, 3.05) is 14.2 Å². The van der Waals surface area contributed by atoms with E-state index in [2.05, 4.69) is 0 Å². The van der Waals surface area contributed by atoms with Gasteiger partial charge >= 0.3 is 17.9 Å². The molecule has 2 aromatic carbocycles. The van der Waals surface area contributed by atoms with Crippen LogP contribution >= 0.6 is 11.6 Å². The van der Waals surface area contributed by atoms with E-state index in [0.29, 0.717) is 28.0 Å². The number of methoxy groups -OCH3 is 2. The third kappa shape index (κ3) is 4.64. The molecular formula is C25H25ClO8. The fourth-order valence-electron chi connectivity index (χ4n) is 3.83. The fourth-order valence-corrected chi connectivity index (χ4v) is 3.90. The molecule has 1 aliphatic rings. The number of hydrogen-bond donors (Lipinski definition) is 1. The van der Waals surface area contributed by atoms with Gasteiger partial charge < -0.3 is 24.1 Å². The highest BCUT2D eigenvalue weighted by Crippen LogP contribution is 2.43. The number of cyclic esters (lactones) is 1. The molecule has 2 atom stereocenters. The first-order valence-electron chi connectivity index (χ1n) is 10.5. The topological polar surface area (TPSA) is 108 Å². The summed E-state index contributed by atoms with van der Waals surface area (Å²) in [4.78, 5) is 36.9. The van der Waals surface area contributed by atoms with E-state index in [1.807, 2.05) is 0 Å². The molecule has 9 heteroatoms. The monoisotopic (exact) mass is 488 g/mol. The van der Waals surface area contributed by atoms with Crippen LogP contribution in [0, 0.1) is 12.8 Å². The number of halogens is 1. The number of alkyl halides is 1. The number of carbonyl (C=O) groups excluding carboxylic acids is 2. The molecule has 8 nitrogen and oxygen atoms in total. The van der Waals surface area contributed by atoms with Gasteiger partial charge in [-0.2, -0.15) is 0 Å². The van der Waals surface area contributed by atoms with E-state index in [1.165, 1.54) is 14.2 Å². The Hall–Kier alpha value is -3.36. The maximum Gasteiger partial charge on any atom is 0.352 e. The molecule has 2 aromatic rings. The van der Waals surface area contributed by atoms with Gasteiger partial charge in [-0.05, 0) is 31.0 Å². The van der Waals surface area contributed by atoms with Crippen LogP contribution in [0.2, 0.25) is 0 Å². The summed E-state index contributed by atoms with van der Waals surface area (Å²) in [6.07, 6.45) is 3.39. The lowest BCUT2D eigenvalue weighted by Crippen LogP contribution is -2.40. The smallest absolute Gasteiger partial charge is 0.352 e. The molecule has 0 fully saturated rings. The lowest BCUT2D eigenvalue weighted by molar-refractivity contribution is -0.155. The first-order valence-corrected chi connectivity index (χ1v) is 10.8. The average Bonchev–Trinajstić information content (AvgIpc) is 3.22. The molecule has 1 aliphatic heterocycles. The molecule has 1 unspecified atom stereocenters. The summed E-state index contributed by atoms with van der Waals surface area (Å²) < 4.78 is 21.5. The van der Waals surface area contributed by atoms with Crippen molar-refractivity contribution in [2.45, 2.75) is 31.9 Å². The zero-order valence-corrected chi connectivity index (χ0v) is 20.0. The van der Waals surface area contributed by atoms with Gasteiger partial charge in [0.15, 0.2) is 5.75 Å². The number of ether oxygens (including phenoxy) is 4. The standard InChI is InChI=1S/C25H25ClO8/c1-14(25(26,32-4)24(29)30)9-8-12-17-20(31-3)15(2)18-13-33-23(28)19(18)21(17)34-22(27)16-10-6-5-7-11-16/h5-11,14H,12-13H2,1-4H3,(H,29,30)/t14?,25-/m0/s1. The van der Waals surface area contributed by atoms with Crippen molar-refractivity contribution in [3.05, 3.63) is 70.3 Å². The van der Waals surface area contributed by atoms with Crippen LogP contribution in [0.15, 0.2) is 42.5 Å². The number of benzene rings is 2. The summed E-state index contributed by atoms with van der Waals surface area (Å²) in [5, 5.41) is 7.46. The van der Waals surface area contributed by atoms with Gasteiger partial charge in [0.05, 0.1) is 12.7 Å². The Morgan fingerprint density at radius 3 is 2.50 bits per heavy atom. The Morgan fingerprint density at radius 1 is 1.24 bits per heavy atom. The highest BCUT2D eigenvalue weighted by Gasteiger charge is 2.41. The lowest BCUT2D eigenvalue weighted by Gasteiger charge is -2.25. The first kappa shape index (κ1) is 25.3. The van der Waals surface area contributed by atoms with E-state index in [9.17, 15) is 19.5 Å². The maximum atomic E-state index is 12.9. The number of fused-ring (bicyclic) bond motifs is 1. The molecular weight excluding hydrogens is 464 g/mol. The summed E-state index contributed by atoms with van der Waals surface area (Å²) in [6.45, 7) is 3.43. The number of carbonyl (C=O) groups is 3. The minimum Gasteiger partial charge on any atom is -0.496 e. The van der Waals surface area contributed by atoms with Crippen LogP contribution in [0.1, 0.15) is 44.3 Å². The largest absolute Gasteiger partial charge is 0.496 e. The fraction of sp³-hybridized carbons (Fsp3) is 0.320. The molecule has 0 aromatic heterocycles. The Bertz CT molecular complexity index is 1140. The minimum atomic E-state index is -1.94. The zero-order chi connectivity index (χ0) is 25.0. The summed E-state index contributed by atoms with van der Waals surface area (Å²) in [6, 6.07) is 8.38. The Morgan fingerprint density at radius 2 is 1.91 bits per heavy atom. The van der Waals surface area contributed by atoms with Gasteiger partial charge in [-0.3, -0.25) is 0 Å². The van der Waals surface area contributed by atoms with E-state index >= 15 is 0 Å². The molecule has 1 heterocycles. The number of carboxylic acid groups (broad SMARTS) is 1. The second kappa shape index (κ2) is 10.3. The van der Waals surface area contributed by atoms with Gasteiger partial charge in [0.2, 0.25) is 5.06 Å². The van der Waals surface area contributed by atoms with E-state index in [4.69, 9.17) is 30.5 Å². The van der Waals surface area contributed by atoms with Crippen LogP contribution in [-0.2, 0) is 27.3 Å². The molecule has 0 aliphatic carbocycles. The second-order valence-corrected chi connectivity index (χ2v) is 8.29. The number of esters is 2. The van der Waals surface area contributed by atoms with E-state index in [1.54, 1.807) is 56.3 Å². The van der Waals surface area contributed by atoms with Crippen molar-refractivity contribution in [1.29, 1.82) is 0 Å². The molecule has 0 spiro atoms. The van der Waals surface area contributed by atoms with Gasteiger partial charge in [0.25, 0.3) is 0 Å². The molecule has 0 amide bonds. The molecule has 34 heavy (non-hydrogen) atoms. The van der Waals surface area contributed by atoms with Crippen molar-refractivity contribution in [3.63, 3.8) is 0 Å². The van der Waals surface area contributed by atoms with Crippen molar-refractivity contribution >= 4 is 29.5 Å². The Kier molecular flexibility index (Phi) is 7.64. The Labute approximate surface area is 202 Å². The first-order chi connectivity index (χ1) is 16.2. The van der Waals surface area contributed by atoms with Crippen LogP contribution in [-0.4, -0.2) is 42.3 Å². The molecule has 0 saturated heterocycles. The molecule has 0 radical (unpaired) electrons. The van der Waals surface area contributed by atoms with E-state index in [-0.39, 0.29) is 24.3 Å². The quantitative estimate of drug-likeness (QED) is 0.241. The summed E-state index contributed by atoms with van der Waals surface area (Å²) in [5.74, 6) is -2.78. The predicted molar refractivity (Wildman–Crippen MR) is 123 cm³/mol. The van der Waals surface area contributed by atoms with Crippen LogP contribution in [0.25, 0.3) is 0 Å². The number of hydrogen-bond acceptors (Lipinski definition) is 7. The Balaban J connectivity index is 2.06. The van der Waals surface area contributed by atoms with Gasteiger partial charge in [-0.25, -0.2) is 14.4 Å². The highest BCUT2D eigenvalue weighted by atomic mass is 35.5. The van der Waals surface area contributed by atoms with Crippen molar-refractivity contribution < 1.29 is 38.4 Å². The van der Waals surface area contributed by atoms with Crippen molar-refractivity contribution in [2.24, 2.45) is 5.92 Å². The third-order valence-electron chi connectivity index (χ3n) is 5.75. The summed E-state index contributed by atoms with van der Waals surface area (Å²) in [7, 11) is 2.69. The van der Waals surface area contributed by atoms with Gasteiger partial charge in [0, 0.05) is 24.2 Å². The number of aliphatic carboxylic acids is 1. The summed E-state index contributed by atoms with van der Waals surface area (Å²) in [5.41, 5.74) is 2.20. The van der Waals surface area contributed by atoms with Gasteiger partial charge in [0.1, 0.15) is 17.9 Å². The molecule has 0 saturated carbocycles. The van der Waals surface area contributed by atoms with Crippen LogP contribution in [0.5, 0.6) is 11.5 Å². The predicted octanol–water partition coefficient (Wildman–Crippen LogP) is 4.29. The molecule has 180 valence electrons. The lowest BCUT2D eigenvalue weighted by atomic mass is 9.94. The van der Waals surface area contributed by atoms with Crippen LogP contribution in [0.3, 0.4) is 0 Å². The van der Waals surface area contributed by atoms with Crippen LogP contribution in [0.4, 0.5) is 0 Å². The van der Waals surface area contributed by atoms with Crippen LogP contribution < -0.4 is 9.47 Å². The number of allylic oxidation sites excluding steroid dienone is 1. The van der Waals surface area contributed by atoms with E-state index < -0.39 is 28.9 Å². The van der Waals surface area contributed by atoms with Crippen molar-refractivity contribution in [1.82, 2.24) is 0 Å². The third-order valence-corrected chi connectivity index (χ3v) is 6.41. The molecule has 0 bridgehead atoms. The number of rotatable bonds is 9. The normalized spacial score (nSPS) is 15.4. The van der Waals surface area contributed by atoms with Crippen molar-refractivity contribution in [3.8, 4) is 11.5 Å². The van der Waals surface area contributed by atoms with Gasteiger partial charge in [-0.1, -0.05) is 48.9 Å². The van der Waals surface area contributed by atoms with E-state index in [0.717, 1.165) is 0 Å². The number of carboxylic acids is 1. The summed E-state index contributed by atoms with van der Waals surface area (Å²) >= 11 is 6.11. The highest BCUT2D eigenvalue weighted by molar-refractivity contribution is 6.32. The maximum absolute atomic E-state index is 12.9. The van der Waals surface area contributed by atoms with Gasteiger partial charge in [-0.15, -0.1) is 0 Å². The average molecular weight is 489 g/mol. The molecule has 3 rings (SSSR count). The zero-order valence-electron chi connectivity index (χ0n) is 19.2. The SMILES string of the molecule is COc1c(C)c2c(c(OC(=O)c3ccccc3)c1CC=CC(C)[C@](Cl)(OC)C(=O)O)C(=O)OC2. The second-order valence-electron chi connectivity index (χ2n) is 7.73. The molecule has 1 N–H and O–H groups in total.